The number of pyridine rings is 1. The molecule has 0 spiro atoms. The number of nitrogens with one attached hydrogen (secondary N) is 1. The van der Waals surface area contributed by atoms with Crippen LogP contribution in [0.25, 0.3) is 10.6 Å². The van der Waals surface area contributed by atoms with Crippen molar-refractivity contribution in [2.75, 3.05) is 0 Å². The van der Waals surface area contributed by atoms with Gasteiger partial charge in [0, 0.05) is 25.9 Å². The Hall–Kier alpha value is -3.85. The molecule has 3 heterocycles. The van der Waals surface area contributed by atoms with Crippen LogP contribution >= 0.6 is 11.3 Å². The predicted molar refractivity (Wildman–Crippen MR) is 132 cm³/mol. The Morgan fingerprint density at radius 2 is 1.71 bits per heavy atom. The standard InChI is InChI=1S/C25H25N5O3S/c1-15-16(2)28-29(4)25(33)21(15)24-27-17(3)22(34-24)23(32)26-13-18-8-10-19(11-9-18)14-30-12-6-5-7-20(30)31/h5-12H,13-14H2,1-4H3,(H,26,32). The molecule has 0 unspecified atom stereocenters. The molecule has 4 rings (SSSR count). The van der Waals surface area contributed by atoms with Crippen LogP contribution in [0.5, 0.6) is 0 Å². The molecule has 0 aliphatic carbocycles. The van der Waals surface area contributed by atoms with Gasteiger partial charge in [-0.15, -0.1) is 11.3 Å². The Morgan fingerprint density at radius 3 is 2.41 bits per heavy atom. The van der Waals surface area contributed by atoms with E-state index in [1.165, 1.54) is 22.1 Å². The van der Waals surface area contributed by atoms with Gasteiger partial charge in [-0.1, -0.05) is 30.3 Å². The summed E-state index contributed by atoms with van der Waals surface area (Å²) >= 11 is 1.21. The molecule has 0 fully saturated rings. The van der Waals surface area contributed by atoms with E-state index in [4.69, 9.17) is 0 Å². The van der Waals surface area contributed by atoms with Crippen molar-refractivity contribution in [1.82, 2.24) is 24.6 Å². The molecule has 0 bridgehead atoms. The lowest BCUT2D eigenvalue weighted by molar-refractivity contribution is 0.0954. The molecule has 0 saturated carbocycles. The molecular weight excluding hydrogens is 450 g/mol. The summed E-state index contributed by atoms with van der Waals surface area (Å²) in [4.78, 5) is 42.4. The molecule has 0 atom stereocenters. The summed E-state index contributed by atoms with van der Waals surface area (Å²) in [5.74, 6) is -0.235. The van der Waals surface area contributed by atoms with E-state index in [0.717, 1.165) is 22.4 Å². The van der Waals surface area contributed by atoms with Crippen LogP contribution in [0.3, 0.4) is 0 Å². The van der Waals surface area contributed by atoms with Gasteiger partial charge in [-0.2, -0.15) is 5.10 Å². The average Bonchev–Trinajstić information content (AvgIpc) is 3.20. The molecule has 174 valence electrons. The summed E-state index contributed by atoms with van der Waals surface area (Å²) < 4.78 is 2.94. The van der Waals surface area contributed by atoms with Crippen molar-refractivity contribution >= 4 is 17.2 Å². The Morgan fingerprint density at radius 1 is 1.00 bits per heavy atom. The van der Waals surface area contributed by atoms with Gasteiger partial charge in [0.2, 0.25) is 0 Å². The van der Waals surface area contributed by atoms with Gasteiger partial charge in [0.15, 0.2) is 0 Å². The van der Waals surface area contributed by atoms with E-state index in [0.29, 0.717) is 34.2 Å². The van der Waals surface area contributed by atoms with Crippen molar-refractivity contribution < 1.29 is 4.79 Å². The maximum absolute atomic E-state index is 12.9. The molecule has 3 aromatic heterocycles. The molecule has 4 aromatic rings. The third kappa shape index (κ3) is 4.74. The topological polar surface area (TPSA) is 98.9 Å². The lowest BCUT2D eigenvalue weighted by Gasteiger charge is -2.08. The minimum Gasteiger partial charge on any atom is -0.347 e. The average molecular weight is 476 g/mol. The molecule has 9 heteroatoms. The maximum Gasteiger partial charge on any atom is 0.277 e. The molecule has 0 radical (unpaired) electrons. The number of aromatic nitrogens is 4. The summed E-state index contributed by atoms with van der Waals surface area (Å²) in [6, 6.07) is 12.8. The highest BCUT2D eigenvalue weighted by Gasteiger charge is 2.21. The van der Waals surface area contributed by atoms with E-state index < -0.39 is 0 Å². The van der Waals surface area contributed by atoms with E-state index in [1.54, 1.807) is 30.8 Å². The summed E-state index contributed by atoms with van der Waals surface area (Å²) in [5.41, 5.74) is 4.23. The van der Waals surface area contributed by atoms with E-state index in [1.807, 2.05) is 44.2 Å². The Kier molecular flexibility index (Phi) is 6.56. The third-order valence-electron chi connectivity index (χ3n) is 5.67. The number of carbonyl (C=O) groups excluding carboxylic acids is 1. The van der Waals surface area contributed by atoms with Gasteiger partial charge < -0.3 is 9.88 Å². The number of carbonyl (C=O) groups is 1. The van der Waals surface area contributed by atoms with Gasteiger partial charge >= 0.3 is 0 Å². The summed E-state index contributed by atoms with van der Waals surface area (Å²) in [7, 11) is 1.61. The zero-order chi connectivity index (χ0) is 24.4. The van der Waals surface area contributed by atoms with Gasteiger partial charge in [0.1, 0.15) is 9.88 Å². The molecule has 1 amide bonds. The monoisotopic (exact) mass is 475 g/mol. The number of hydrogen-bond acceptors (Lipinski definition) is 6. The summed E-state index contributed by atoms with van der Waals surface area (Å²) in [6.07, 6.45) is 1.76. The summed E-state index contributed by atoms with van der Waals surface area (Å²) in [6.45, 7) is 6.29. The first-order valence-corrected chi connectivity index (χ1v) is 11.6. The van der Waals surface area contributed by atoms with Crippen molar-refractivity contribution in [3.05, 3.63) is 102 Å². The first-order chi connectivity index (χ1) is 16.2. The fourth-order valence-electron chi connectivity index (χ4n) is 3.63. The maximum atomic E-state index is 12.9. The van der Waals surface area contributed by atoms with Crippen LogP contribution in [0.2, 0.25) is 0 Å². The lowest BCUT2D eigenvalue weighted by Crippen LogP contribution is -2.23. The van der Waals surface area contributed by atoms with Crippen LogP contribution in [0.1, 0.15) is 37.7 Å². The first-order valence-electron chi connectivity index (χ1n) is 10.8. The lowest BCUT2D eigenvalue weighted by atomic mass is 10.1. The Labute approximate surface area is 200 Å². The Balaban J connectivity index is 1.46. The van der Waals surface area contributed by atoms with Crippen LogP contribution in [-0.4, -0.2) is 25.2 Å². The minimum absolute atomic E-state index is 0.0480. The first kappa shape index (κ1) is 23.3. The number of benzene rings is 1. The largest absolute Gasteiger partial charge is 0.347 e. The normalized spacial score (nSPS) is 10.9. The highest BCUT2D eigenvalue weighted by Crippen LogP contribution is 2.28. The molecule has 0 aliphatic rings. The van der Waals surface area contributed by atoms with Crippen molar-refractivity contribution in [1.29, 1.82) is 0 Å². The molecule has 0 saturated heterocycles. The molecular formula is C25H25N5O3S. The number of thiazole rings is 1. The second-order valence-corrected chi connectivity index (χ2v) is 9.11. The molecule has 34 heavy (non-hydrogen) atoms. The number of aryl methyl sites for hydroxylation is 3. The van der Waals surface area contributed by atoms with Crippen molar-refractivity contribution in [2.24, 2.45) is 7.05 Å². The highest BCUT2D eigenvalue weighted by molar-refractivity contribution is 7.17. The zero-order valence-corrected chi connectivity index (χ0v) is 20.3. The molecule has 8 nitrogen and oxygen atoms in total. The van der Waals surface area contributed by atoms with Crippen LogP contribution in [0, 0.1) is 20.8 Å². The quantitative estimate of drug-likeness (QED) is 0.462. The Bertz CT molecular complexity index is 1480. The second-order valence-electron chi connectivity index (χ2n) is 8.11. The number of nitrogens with zero attached hydrogens (tertiary/aromatic N) is 4. The highest BCUT2D eigenvalue weighted by atomic mass is 32.1. The number of rotatable bonds is 6. The smallest absolute Gasteiger partial charge is 0.277 e. The van der Waals surface area contributed by atoms with Crippen LogP contribution in [0.4, 0.5) is 0 Å². The minimum atomic E-state index is -0.235. The van der Waals surface area contributed by atoms with Crippen molar-refractivity contribution in [3.8, 4) is 10.6 Å². The second kappa shape index (κ2) is 9.56. The van der Waals surface area contributed by atoms with Gasteiger partial charge in [0.25, 0.3) is 17.0 Å². The fraction of sp³-hybridized carbons (Fsp3) is 0.240. The zero-order valence-electron chi connectivity index (χ0n) is 19.5. The van der Waals surface area contributed by atoms with Gasteiger partial charge in [-0.25, -0.2) is 9.67 Å². The fourth-order valence-corrected chi connectivity index (χ4v) is 4.70. The number of amides is 1. The van der Waals surface area contributed by atoms with Gasteiger partial charge in [0.05, 0.1) is 23.5 Å². The van der Waals surface area contributed by atoms with Crippen LogP contribution in [-0.2, 0) is 20.1 Å². The molecule has 0 aliphatic heterocycles. The van der Waals surface area contributed by atoms with E-state index in [2.05, 4.69) is 15.4 Å². The molecule has 1 aromatic carbocycles. The van der Waals surface area contributed by atoms with Crippen LogP contribution < -0.4 is 16.4 Å². The molecule has 1 N–H and O–H groups in total. The van der Waals surface area contributed by atoms with Gasteiger partial charge in [-0.05, 0) is 43.5 Å². The number of hydrogen-bond donors (Lipinski definition) is 1. The van der Waals surface area contributed by atoms with E-state index >= 15 is 0 Å². The SMILES string of the molecule is Cc1nc(-c2c(C)c(C)nn(C)c2=O)sc1C(=O)NCc1ccc(Cn2ccccc2=O)cc1. The summed E-state index contributed by atoms with van der Waals surface area (Å²) in [5, 5.41) is 7.66. The van der Waals surface area contributed by atoms with E-state index in [9.17, 15) is 14.4 Å². The van der Waals surface area contributed by atoms with Crippen molar-refractivity contribution in [2.45, 2.75) is 33.9 Å². The van der Waals surface area contributed by atoms with Gasteiger partial charge in [-0.3, -0.25) is 14.4 Å². The van der Waals surface area contributed by atoms with Crippen LogP contribution in [0.15, 0.2) is 58.3 Å². The van der Waals surface area contributed by atoms with Crippen molar-refractivity contribution in [3.63, 3.8) is 0 Å². The van der Waals surface area contributed by atoms with E-state index in [-0.39, 0.29) is 17.0 Å². The predicted octanol–water partition coefficient (Wildman–Crippen LogP) is 2.97. The third-order valence-corrected chi connectivity index (χ3v) is 6.84.